The summed E-state index contributed by atoms with van der Waals surface area (Å²) < 4.78 is 0. The van der Waals surface area contributed by atoms with Crippen LogP contribution in [0.2, 0.25) is 0 Å². The van der Waals surface area contributed by atoms with E-state index >= 15 is 0 Å². The molecule has 0 aliphatic heterocycles. The van der Waals surface area contributed by atoms with Crippen molar-refractivity contribution in [1.29, 1.82) is 0 Å². The quantitative estimate of drug-likeness (QED) is 0.153. The van der Waals surface area contributed by atoms with Crippen molar-refractivity contribution in [3.05, 3.63) is 275 Å². The molecular formula is C78H62N2. The van der Waals surface area contributed by atoms with Gasteiger partial charge in [0.15, 0.2) is 0 Å². The topological polar surface area (TPSA) is 6.48 Å². The van der Waals surface area contributed by atoms with Crippen LogP contribution in [0.1, 0.15) is 99.9 Å². The van der Waals surface area contributed by atoms with Crippen LogP contribution in [0, 0.1) is 0 Å². The number of rotatable bonds is 6. The highest BCUT2D eigenvalue weighted by Crippen LogP contribution is 2.57. The molecule has 0 unspecified atom stereocenters. The molecule has 0 fully saturated rings. The van der Waals surface area contributed by atoms with E-state index in [4.69, 9.17) is 0 Å². The Hall–Kier alpha value is -8.98. The Labute approximate surface area is 470 Å². The standard InChI is InChI=1S/C78H62N2/c1-75(2)65-29-17-13-23-53(65)61-41-47(33-37-69(61)75)79(48-34-38-70-62(42-48)54-24-14-18-30-66(54)76(70,3)4)73-45-59-52-22-10-12-28-58(52)74(46-60(59)51-21-9-11-27-57(51)73)80(49-35-39-71-63(43-49)55-25-15-19-31-67(55)77(71,5)6)50-36-40-72-64(44-50)56-26-16-20-32-68(56)78(72,7)8/h9-46H,1-8H3. The van der Waals surface area contributed by atoms with E-state index in [-0.39, 0.29) is 21.7 Å². The Kier molecular flexibility index (Phi) is 9.59. The number of anilines is 6. The Morgan fingerprint density at radius 2 is 0.425 bits per heavy atom. The first-order valence-electron chi connectivity index (χ1n) is 28.7. The first-order chi connectivity index (χ1) is 38.7. The third kappa shape index (κ3) is 6.31. The number of hydrogen-bond acceptors (Lipinski definition) is 2. The zero-order valence-corrected chi connectivity index (χ0v) is 46.8. The van der Waals surface area contributed by atoms with Crippen LogP contribution in [0.15, 0.2) is 231 Å². The summed E-state index contributed by atoms with van der Waals surface area (Å²) >= 11 is 0. The van der Waals surface area contributed by atoms with Crippen molar-refractivity contribution < 1.29 is 0 Å². The van der Waals surface area contributed by atoms with Gasteiger partial charge in [-0.05, 0) is 171 Å². The summed E-state index contributed by atoms with van der Waals surface area (Å²) in [6, 6.07) is 88.4. The van der Waals surface area contributed by atoms with Gasteiger partial charge in [0.25, 0.3) is 0 Å². The van der Waals surface area contributed by atoms with E-state index in [2.05, 4.69) is 296 Å². The maximum absolute atomic E-state index is 2.56. The van der Waals surface area contributed by atoms with Crippen molar-refractivity contribution in [3.8, 4) is 44.5 Å². The molecule has 2 nitrogen and oxygen atoms in total. The van der Waals surface area contributed by atoms with Crippen molar-refractivity contribution in [3.63, 3.8) is 0 Å². The van der Waals surface area contributed by atoms with E-state index in [1.165, 1.54) is 121 Å². The predicted molar refractivity (Wildman–Crippen MR) is 339 cm³/mol. The summed E-state index contributed by atoms with van der Waals surface area (Å²) in [5.41, 5.74) is 27.9. The van der Waals surface area contributed by atoms with E-state index in [1.807, 2.05) is 0 Å². The molecule has 0 amide bonds. The largest absolute Gasteiger partial charge is 0.310 e. The van der Waals surface area contributed by atoms with Crippen molar-refractivity contribution in [2.45, 2.75) is 77.0 Å². The second kappa shape index (κ2) is 16.3. The Balaban J connectivity index is 0.963. The molecule has 0 saturated heterocycles. The third-order valence-electron chi connectivity index (χ3n) is 19.6. The summed E-state index contributed by atoms with van der Waals surface area (Å²) in [6.07, 6.45) is 0. The normalized spacial score (nSPS) is 15.7. The van der Waals surface area contributed by atoms with Crippen molar-refractivity contribution in [2.75, 3.05) is 9.80 Å². The van der Waals surface area contributed by atoms with E-state index < -0.39 is 0 Å². The van der Waals surface area contributed by atoms with Crippen LogP contribution in [0.25, 0.3) is 76.8 Å². The highest BCUT2D eigenvalue weighted by Gasteiger charge is 2.40. The number of benzene rings is 12. The highest BCUT2D eigenvalue weighted by atomic mass is 15.2. The molecule has 2 heteroatoms. The van der Waals surface area contributed by atoms with Gasteiger partial charge in [-0.25, -0.2) is 0 Å². The van der Waals surface area contributed by atoms with Gasteiger partial charge in [0.05, 0.1) is 11.4 Å². The monoisotopic (exact) mass is 1030 g/mol. The van der Waals surface area contributed by atoms with Crippen molar-refractivity contribution >= 4 is 66.4 Å². The molecule has 80 heavy (non-hydrogen) atoms. The second-order valence-electron chi connectivity index (χ2n) is 25.3. The van der Waals surface area contributed by atoms with Crippen LogP contribution in [-0.4, -0.2) is 0 Å². The molecule has 0 atom stereocenters. The van der Waals surface area contributed by atoms with Gasteiger partial charge in [-0.1, -0.05) is 225 Å². The fourth-order valence-corrected chi connectivity index (χ4v) is 15.5. The van der Waals surface area contributed by atoms with Gasteiger partial charge in [-0.3, -0.25) is 0 Å². The van der Waals surface area contributed by atoms with Crippen molar-refractivity contribution in [1.82, 2.24) is 0 Å². The van der Waals surface area contributed by atoms with Crippen molar-refractivity contribution in [2.24, 2.45) is 0 Å². The smallest absolute Gasteiger partial charge is 0.0546 e. The van der Waals surface area contributed by atoms with Crippen LogP contribution < -0.4 is 9.80 Å². The molecule has 384 valence electrons. The molecule has 0 radical (unpaired) electrons. The van der Waals surface area contributed by atoms with Gasteiger partial charge in [0.1, 0.15) is 0 Å². The fourth-order valence-electron chi connectivity index (χ4n) is 15.5. The maximum atomic E-state index is 2.56. The average Bonchev–Trinajstić information content (AvgIpc) is 4.14. The van der Waals surface area contributed by atoms with Gasteiger partial charge in [-0.2, -0.15) is 0 Å². The SMILES string of the molecule is CC1(C)c2ccccc2-c2cc(N(c3ccc4c(c3)-c3ccccc3C4(C)C)c3cc4c5ccccc5c(N(c5ccc6c(c5)-c5ccccc5C6(C)C)c5ccc6c(c5)-c5ccccc5C6(C)C)cc4c4ccccc34)ccc21. The molecule has 0 N–H and O–H groups in total. The first-order valence-corrected chi connectivity index (χ1v) is 28.7. The van der Waals surface area contributed by atoms with Crippen LogP contribution in [0.4, 0.5) is 34.1 Å². The number of nitrogens with zero attached hydrogens (tertiary/aromatic N) is 2. The number of hydrogen-bond donors (Lipinski definition) is 0. The molecule has 12 aromatic carbocycles. The lowest BCUT2D eigenvalue weighted by Gasteiger charge is -2.31. The summed E-state index contributed by atoms with van der Waals surface area (Å²) in [6.45, 7) is 19.0. The molecule has 16 rings (SSSR count). The van der Waals surface area contributed by atoms with Crippen LogP contribution in [0.3, 0.4) is 0 Å². The summed E-state index contributed by atoms with van der Waals surface area (Å²) in [4.78, 5) is 5.12. The van der Waals surface area contributed by atoms with E-state index in [0.717, 1.165) is 34.1 Å². The Morgan fingerprint density at radius 1 is 0.200 bits per heavy atom. The van der Waals surface area contributed by atoms with Gasteiger partial charge in [-0.15, -0.1) is 0 Å². The van der Waals surface area contributed by atoms with Gasteiger partial charge < -0.3 is 9.80 Å². The molecule has 4 aliphatic carbocycles. The minimum absolute atomic E-state index is 0.111. The predicted octanol–water partition coefficient (Wildman–Crippen LogP) is 21.3. The molecule has 4 aliphatic rings. The third-order valence-corrected chi connectivity index (χ3v) is 19.6. The molecule has 0 bridgehead atoms. The van der Waals surface area contributed by atoms with E-state index in [0.29, 0.717) is 0 Å². The molecule has 0 heterocycles. The van der Waals surface area contributed by atoms with Crippen LogP contribution in [0.5, 0.6) is 0 Å². The van der Waals surface area contributed by atoms with Gasteiger partial charge in [0.2, 0.25) is 0 Å². The lowest BCUT2D eigenvalue weighted by atomic mass is 9.82. The fraction of sp³-hybridized carbons (Fsp3) is 0.154. The lowest BCUT2D eigenvalue weighted by molar-refractivity contribution is 0.660. The molecular weight excluding hydrogens is 965 g/mol. The Morgan fingerprint density at radius 3 is 0.700 bits per heavy atom. The lowest BCUT2D eigenvalue weighted by Crippen LogP contribution is -2.16. The molecule has 12 aromatic rings. The Bertz CT molecular complexity index is 4170. The van der Waals surface area contributed by atoms with Crippen LogP contribution in [-0.2, 0) is 21.7 Å². The molecule has 0 aromatic heterocycles. The van der Waals surface area contributed by atoms with Gasteiger partial charge in [0, 0.05) is 55.2 Å². The van der Waals surface area contributed by atoms with E-state index in [1.54, 1.807) is 0 Å². The zero-order chi connectivity index (χ0) is 54.2. The molecule has 0 spiro atoms. The van der Waals surface area contributed by atoms with Gasteiger partial charge >= 0.3 is 0 Å². The summed E-state index contributed by atoms with van der Waals surface area (Å²) in [7, 11) is 0. The minimum atomic E-state index is -0.111. The highest BCUT2D eigenvalue weighted by molar-refractivity contribution is 6.25. The average molecular weight is 1030 g/mol. The van der Waals surface area contributed by atoms with Crippen LogP contribution >= 0.6 is 0 Å². The zero-order valence-electron chi connectivity index (χ0n) is 46.8. The summed E-state index contributed by atoms with van der Waals surface area (Å²) in [5.74, 6) is 0. The number of fused-ring (bicyclic) bond motifs is 17. The van der Waals surface area contributed by atoms with E-state index in [9.17, 15) is 0 Å². The second-order valence-corrected chi connectivity index (χ2v) is 25.3. The maximum Gasteiger partial charge on any atom is 0.0546 e. The molecule has 0 saturated carbocycles. The minimum Gasteiger partial charge on any atom is -0.310 e. The first kappa shape index (κ1) is 47.1. The summed E-state index contributed by atoms with van der Waals surface area (Å²) in [5, 5.41) is 7.26.